The van der Waals surface area contributed by atoms with Crippen LogP contribution in [-0.2, 0) is 0 Å². The maximum Gasteiger partial charge on any atom is 0.160 e. The number of aromatic nitrogens is 3. The molecular formula is C46H28FN3S. The van der Waals surface area contributed by atoms with Crippen molar-refractivity contribution in [2.24, 2.45) is 0 Å². The molecule has 0 fully saturated rings. The predicted octanol–water partition coefficient (Wildman–Crippen LogP) is 12.7. The Morgan fingerprint density at radius 1 is 0.412 bits per heavy atom. The highest BCUT2D eigenvalue weighted by Gasteiger charge is 2.14. The smallest absolute Gasteiger partial charge is 0.160 e. The van der Waals surface area contributed by atoms with E-state index in [2.05, 4.69) is 138 Å². The van der Waals surface area contributed by atoms with Crippen LogP contribution in [0.15, 0.2) is 170 Å². The fraction of sp³-hybridized carbons (Fsp3) is 0. The average molecular weight is 674 g/mol. The van der Waals surface area contributed by atoms with Crippen molar-refractivity contribution in [1.82, 2.24) is 14.5 Å². The third-order valence-corrected chi connectivity index (χ3v) is 10.8. The third kappa shape index (κ3) is 5.09. The second-order valence-electron chi connectivity index (χ2n) is 12.8. The van der Waals surface area contributed by atoms with E-state index in [1.165, 1.54) is 27.9 Å². The predicted molar refractivity (Wildman–Crippen MR) is 211 cm³/mol. The van der Waals surface area contributed by atoms with Crippen molar-refractivity contribution in [3.05, 3.63) is 176 Å². The van der Waals surface area contributed by atoms with Crippen LogP contribution in [0.25, 0.3) is 92.7 Å². The summed E-state index contributed by atoms with van der Waals surface area (Å²) in [6.07, 6.45) is 0. The fourth-order valence-corrected chi connectivity index (χ4v) is 8.32. The van der Waals surface area contributed by atoms with E-state index in [1.54, 1.807) is 17.4 Å². The van der Waals surface area contributed by atoms with Crippen molar-refractivity contribution in [3.63, 3.8) is 0 Å². The molecule has 10 rings (SSSR count). The highest BCUT2D eigenvalue weighted by atomic mass is 32.1. The van der Waals surface area contributed by atoms with Gasteiger partial charge in [-0.3, -0.25) is 0 Å². The maximum atomic E-state index is 13.9. The van der Waals surface area contributed by atoms with E-state index in [4.69, 9.17) is 9.97 Å². The number of halogens is 1. The second kappa shape index (κ2) is 11.9. The molecule has 3 nitrogen and oxygen atoms in total. The van der Waals surface area contributed by atoms with Crippen LogP contribution in [0, 0.1) is 5.82 Å². The van der Waals surface area contributed by atoms with Crippen molar-refractivity contribution in [2.75, 3.05) is 0 Å². The monoisotopic (exact) mass is 673 g/mol. The highest BCUT2D eigenvalue weighted by molar-refractivity contribution is 7.25. The van der Waals surface area contributed by atoms with Gasteiger partial charge in [0, 0.05) is 53.3 Å². The van der Waals surface area contributed by atoms with E-state index in [0.29, 0.717) is 5.82 Å². The largest absolute Gasteiger partial charge is 0.309 e. The quantitative estimate of drug-likeness (QED) is 0.182. The standard InChI is InChI=1S/C46H28FN3S/c47-34-21-24-38-39-26-33(20-25-44(39)51-45(38)27-34)29-14-16-30(17-15-29)40-28-41(49-46(48-40)32-8-2-1-3-9-32)31-18-22-35(23-19-31)50-42-12-6-4-10-36(42)37-11-5-7-13-43(37)50/h1-28H. The zero-order valence-electron chi connectivity index (χ0n) is 27.3. The van der Waals surface area contributed by atoms with E-state index in [9.17, 15) is 4.39 Å². The Hall–Kier alpha value is -6.43. The minimum absolute atomic E-state index is 0.204. The average Bonchev–Trinajstić information content (AvgIpc) is 3.73. The summed E-state index contributed by atoms with van der Waals surface area (Å²) in [4.78, 5) is 10.1. The first-order chi connectivity index (χ1) is 25.2. The molecule has 0 radical (unpaired) electrons. The van der Waals surface area contributed by atoms with Gasteiger partial charge in [0.2, 0.25) is 0 Å². The van der Waals surface area contributed by atoms with Gasteiger partial charge in [0.15, 0.2) is 5.82 Å². The van der Waals surface area contributed by atoms with Crippen molar-refractivity contribution in [3.8, 4) is 50.7 Å². The number of benzene rings is 7. The Morgan fingerprint density at radius 3 is 1.69 bits per heavy atom. The van der Waals surface area contributed by atoms with Crippen molar-refractivity contribution < 1.29 is 4.39 Å². The van der Waals surface area contributed by atoms with Crippen LogP contribution in [-0.4, -0.2) is 14.5 Å². The molecule has 0 aliphatic heterocycles. The fourth-order valence-electron chi connectivity index (χ4n) is 7.21. The lowest BCUT2D eigenvalue weighted by Crippen LogP contribution is -1.97. The molecule has 3 heterocycles. The van der Waals surface area contributed by atoms with E-state index < -0.39 is 0 Å². The van der Waals surface area contributed by atoms with Crippen LogP contribution in [0.4, 0.5) is 4.39 Å². The Labute approximate surface area is 297 Å². The van der Waals surface area contributed by atoms with Gasteiger partial charge in [-0.1, -0.05) is 115 Å². The molecule has 7 aromatic carbocycles. The van der Waals surface area contributed by atoms with Crippen LogP contribution < -0.4 is 0 Å². The van der Waals surface area contributed by atoms with E-state index in [-0.39, 0.29) is 5.82 Å². The summed E-state index contributed by atoms with van der Waals surface area (Å²) >= 11 is 1.62. The molecule has 3 aromatic heterocycles. The third-order valence-electron chi connectivity index (χ3n) is 9.71. The van der Waals surface area contributed by atoms with Gasteiger partial charge in [0.1, 0.15) is 5.82 Å². The van der Waals surface area contributed by atoms with E-state index >= 15 is 0 Å². The minimum Gasteiger partial charge on any atom is -0.309 e. The molecule has 0 bridgehead atoms. The first-order valence-electron chi connectivity index (χ1n) is 16.9. The zero-order chi connectivity index (χ0) is 33.9. The molecule has 0 aliphatic carbocycles. The molecule has 0 spiro atoms. The van der Waals surface area contributed by atoms with Gasteiger partial charge in [0.25, 0.3) is 0 Å². The molecular weight excluding hydrogens is 646 g/mol. The van der Waals surface area contributed by atoms with Crippen LogP contribution >= 0.6 is 11.3 Å². The van der Waals surface area contributed by atoms with Gasteiger partial charge >= 0.3 is 0 Å². The second-order valence-corrected chi connectivity index (χ2v) is 13.9. The molecule has 0 atom stereocenters. The van der Waals surface area contributed by atoms with E-state index in [1.807, 2.05) is 24.3 Å². The van der Waals surface area contributed by atoms with Crippen LogP contribution in [0.5, 0.6) is 0 Å². The first kappa shape index (κ1) is 29.5. The Morgan fingerprint density at radius 2 is 1.00 bits per heavy atom. The molecule has 0 unspecified atom stereocenters. The normalized spacial score (nSPS) is 11.6. The van der Waals surface area contributed by atoms with Gasteiger partial charge < -0.3 is 4.57 Å². The molecule has 51 heavy (non-hydrogen) atoms. The van der Waals surface area contributed by atoms with Crippen LogP contribution in [0.3, 0.4) is 0 Å². The lowest BCUT2D eigenvalue weighted by Gasteiger charge is -2.12. The van der Waals surface area contributed by atoms with Gasteiger partial charge in [0.05, 0.1) is 22.4 Å². The summed E-state index contributed by atoms with van der Waals surface area (Å²) in [6, 6.07) is 58.1. The topological polar surface area (TPSA) is 30.7 Å². The number of hydrogen-bond donors (Lipinski definition) is 0. The van der Waals surface area contributed by atoms with Crippen LogP contribution in [0.1, 0.15) is 0 Å². The number of nitrogens with zero attached hydrogens (tertiary/aromatic N) is 3. The van der Waals surface area contributed by atoms with Crippen LogP contribution in [0.2, 0.25) is 0 Å². The molecule has 0 saturated carbocycles. The zero-order valence-corrected chi connectivity index (χ0v) is 28.1. The number of rotatable bonds is 5. The molecule has 240 valence electrons. The minimum atomic E-state index is -0.204. The van der Waals surface area contributed by atoms with Crippen molar-refractivity contribution in [2.45, 2.75) is 0 Å². The van der Waals surface area contributed by atoms with Gasteiger partial charge in [-0.05, 0) is 65.7 Å². The van der Waals surface area contributed by atoms with Gasteiger partial charge in [-0.15, -0.1) is 11.3 Å². The number of para-hydroxylation sites is 2. The summed E-state index contributed by atoms with van der Waals surface area (Å²) in [6.45, 7) is 0. The Kier molecular flexibility index (Phi) is 6.86. The summed E-state index contributed by atoms with van der Waals surface area (Å²) in [7, 11) is 0. The van der Waals surface area contributed by atoms with Crippen molar-refractivity contribution in [1.29, 1.82) is 0 Å². The summed E-state index contributed by atoms with van der Waals surface area (Å²) in [5.41, 5.74) is 10.4. The summed E-state index contributed by atoms with van der Waals surface area (Å²) in [5.74, 6) is 0.481. The molecule has 0 amide bonds. The Bertz CT molecular complexity index is 2850. The number of hydrogen-bond acceptors (Lipinski definition) is 3. The lowest BCUT2D eigenvalue weighted by atomic mass is 10.00. The van der Waals surface area contributed by atoms with Gasteiger partial charge in [-0.2, -0.15) is 0 Å². The molecule has 10 aromatic rings. The van der Waals surface area contributed by atoms with E-state index in [0.717, 1.165) is 65.1 Å². The lowest BCUT2D eigenvalue weighted by molar-refractivity contribution is 0.630. The number of thiophene rings is 1. The maximum absolute atomic E-state index is 13.9. The SMILES string of the molecule is Fc1ccc2c(c1)sc1ccc(-c3ccc(-c4cc(-c5ccc(-n6c7ccccc7c7ccccc76)cc5)nc(-c5ccccc5)n4)cc3)cc12. The molecule has 0 N–H and O–H groups in total. The van der Waals surface area contributed by atoms with Gasteiger partial charge in [-0.25, -0.2) is 14.4 Å². The first-order valence-corrected chi connectivity index (χ1v) is 17.7. The molecule has 0 aliphatic rings. The summed E-state index contributed by atoms with van der Waals surface area (Å²) < 4.78 is 18.3. The number of fused-ring (bicyclic) bond motifs is 6. The molecule has 5 heteroatoms. The Balaban J connectivity index is 1.04. The molecule has 0 saturated heterocycles. The van der Waals surface area contributed by atoms with Crippen molar-refractivity contribution >= 4 is 53.3 Å². The summed E-state index contributed by atoms with van der Waals surface area (Å²) in [5, 5.41) is 4.72. The highest BCUT2D eigenvalue weighted by Crippen LogP contribution is 2.38.